The molecule has 78 valence electrons. The van der Waals surface area contributed by atoms with E-state index in [1.165, 1.54) is 0 Å². The van der Waals surface area contributed by atoms with E-state index < -0.39 is 13.0 Å². The van der Waals surface area contributed by atoms with E-state index in [2.05, 4.69) is 15.9 Å². The average Bonchev–Trinajstić information content (AvgIpc) is 2.15. The van der Waals surface area contributed by atoms with Crippen molar-refractivity contribution in [1.29, 1.82) is 0 Å². The highest BCUT2D eigenvalue weighted by molar-refractivity contribution is 9.10. The average molecular weight is 266 g/mol. The van der Waals surface area contributed by atoms with Gasteiger partial charge in [0.2, 0.25) is 0 Å². The van der Waals surface area contributed by atoms with E-state index in [1.807, 2.05) is 0 Å². The molecule has 0 aliphatic rings. The highest BCUT2D eigenvalue weighted by atomic mass is 79.9. The molecule has 0 bridgehead atoms. The first-order valence-corrected chi connectivity index (χ1v) is 4.82. The number of alkyl halides is 2. The van der Waals surface area contributed by atoms with Crippen molar-refractivity contribution in [3.63, 3.8) is 0 Å². The van der Waals surface area contributed by atoms with Crippen LogP contribution in [0.3, 0.4) is 0 Å². The zero-order chi connectivity index (χ0) is 10.6. The Kier molecular flexibility index (Phi) is 4.28. The molecule has 0 radical (unpaired) electrons. The Hall–Kier alpha value is -0.680. The Balaban J connectivity index is 2.66. The van der Waals surface area contributed by atoms with Gasteiger partial charge in [0.15, 0.2) is 0 Å². The molecular formula is C9H10BrF2NO. The molecule has 0 heterocycles. The van der Waals surface area contributed by atoms with E-state index in [1.54, 1.807) is 18.2 Å². The lowest BCUT2D eigenvalue weighted by molar-refractivity contribution is 0.0818. The van der Waals surface area contributed by atoms with Crippen molar-refractivity contribution < 1.29 is 13.5 Å². The second-order valence-electron chi connectivity index (χ2n) is 2.66. The number of benzene rings is 1. The van der Waals surface area contributed by atoms with Gasteiger partial charge in [0.1, 0.15) is 12.4 Å². The van der Waals surface area contributed by atoms with Crippen LogP contribution in [0, 0.1) is 0 Å². The van der Waals surface area contributed by atoms with Crippen molar-refractivity contribution in [1.82, 2.24) is 0 Å². The number of hydrogen-bond acceptors (Lipinski definition) is 2. The summed E-state index contributed by atoms with van der Waals surface area (Å²) < 4.78 is 29.2. The molecule has 0 saturated heterocycles. The summed E-state index contributed by atoms with van der Waals surface area (Å²) in [6.07, 6.45) is -2.46. The summed E-state index contributed by atoms with van der Waals surface area (Å²) in [6.45, 7) is -0.190. The molecule has 0 aliphatic heterocycles. The van der Waals surface area contributed by atoms with Crippen LogP contribution in [-0.2, 0) is 6.54 Å². The fraction of sp³-hybridized carbons (Fsp3) is 0.333. The maximum Gasteiger partial charge on any atom is 0.272 e. The minimum Gasteiger partial charge on any atom is -0.488 e. The van der Waals surface area contributed by atoms with Crippen LogP contribution in [0.15, 0.2) is 22.7 Å². The quantitative estimate of drug-likeness (QED) is 0.908. The maximum absolute atomic E-state index is 11.8. The SMILES string of the molecule is NCc1ccc(OCC(F)F)cc1Br. The molecule has 0 saturated carbocycles. The van der Waals surface area contributed by atoms with Gasteiger partial charge in [0, 0.05) is 11.0 Å². The largest absolute Gasteiger partial charge is 0.488 e. The van der Waals surface area contributed by atoms with Gasteiger partial charge in [-0.1, -0.05) is 22.0 Å². The van der Waals surface area contributed by atoms with E-state index >= 15 is 0 Å². The summed E-state index contributed by atoms with van der Waals surface area (Å²) in [4.78, 5) is 0. The van der Waals surface area contributed by atoms with E-state index in [0.29, 0.717) is 12.3 Å². The van der Waals surface area contributed by atoms with Crippen LogP contribution in [0.5, 0.6) is 5.75 Å². The standard InChI is InChI=1S/C9H10BrF2NO/c10-8-3-7(14-5-9(11)12)2-1-6(8)4-13/h1-3,9H,4-5,13H2. The summed E-state index contributed by atoms with van der Waals surface area (Å²) in [5.74, 6) is 0.411. The zero-order valence-corrected chi connectivity index (χ0v) is 8.93. The third-order valence-electron chi connectivity index (χ3n) is 1.62. The molecular weight excluding hydrogens is 256 g/mol. The molecule has 2 N–H and O–H groups in total. The Morgan fingerprint density at radius 3 is 2.64 bits per heavy atom. The molecule has 0 fully saturated rings. The van der Waals surface area contributed by atoms with Crippen molar-refractivity contribution in [3.8, 4) is 5.75 Å². The predicted octanol–water partition coefficient (Wildman–Crippen LogP) is 2.55. The molecule has 1 aromatic carbocycles. The van der Waals surface area contributed by atoms with Crippen molar-refractivity contribution >= 4 is 15.9 Å². The third-order valence-corrected chi connectivity index (χ3v) is 2.36. The molecule has 0 spiro atoms. The third kappa shape index (κ3) is 3.23. The predicted molar refractivity (Wildman–Crippen MR) is 53.5 cm³/mol. The lowest BCUT2D eigenvalue weighted by Crippen LogP contribution is -2.07. The van der Waals surface area contributed by atoms with Gasteiger partial charge < -0.3 is 10.5 Å². The van der Waals surface area contributed by atoms with Crippen molar-refractivity contribution in [3.05, 3.63) is 28.2 Å². The van der Waals surface area contributed by atoms with Crippen molar-refractivity contribution in [2.45, 2.75) is 13.0 Å². The Morgan fingerprint density at radius 1 is 1.43 bits per heavy atom. The van der Waals surface area contributed by atoms with Crippen molar-refractivity contribution in [2.75, 3.05) is 6.61 Å². The van der Waals surface area contributed by atoms with Gasteiger partial charge in [-0.15, -0.1) is 0 Å². The van der Waals surface area contributed by atoms with Gasteiger partial charge in [-0.05, 0) is 17.7 Å². The number of ether oxygens (including phenoxy) is 1. The normalized spacial score (nSPS) is 10.6. The van der Waals surface area contributed by atoms with Gasteiger partial charge in [-0.2, -0.15) is 0 Å². The van der Waals surface area contributed by atoms with Crippen LogP contribution in [0.25, 0.3) is 0 Å². The molecule has 1 aromatic rings. The van der Waals surface area contributed by atoms with E-state index in [-0.39, 0.29) is 0 Å². The topological polar surface area (TPSA) is 35.2 Å². The smallest absolute Gasteiger partial charge is 0.272 e. The molecule has 0 atom stereocenters. The Labute approximate surface area is 89.2 Å². The summed E-state index contributed by atoms with van der Waals surface area (Å²) in [5.41, 5.74) is 6.34. The van der Waals surface area contributed by atoms with Crippen molar-refractivity contribution in [2.24, 2.45) is 5.73 Å². The number of nitrogens with two attached hydrogens (primary N) is 1. The molecule has 0 aliphatic carbocycles. The van der Waals surface area contributed by atoms with Crippen LogP contribution in [0.2, 0.25) is 0 Å². The van der Waals surface area contributed by atoms with E-state index in [9.17, 15) is 8.78 Å². The number of hydrogen-bond donors (Lipinski definition) is 1. The summed E-state index contributed by atoms with van der Waals surface area (Å²) in [6, 6.07) is 4.99. The Morgan fingerprint density at radius 2 is 2.14 bits per heavy atom. The minimum atomic E-state index is -2.46. The molecule has 1 rings (SSSR count). The van der Waals surface area contributed by atoms with Crippen LogP contribution < -0.4 is 10.5 Å². The van der Waals surface area contributed by atoms with Crippen LogP contribution >= 0.6 is 15.9 Å². The first-order chi connectivity index (χ1) is 6.63. The first-order valence-electron chi connectivity index (χ1n) is 4.03. The molecule has 14 heavy (non-hydrogen) atoms. The first kappa shape index (κ1) is 11.4. The second-order valence-corrected chi connectivity index (χ2v) is 3.51. The fourth-order valence-electron chi connectivity index (χ4n) is 0.943. The highest BCUT2D eigenvalue weighted by Gasteiger charge is 2.05. The Bertz CT molecular complexity index is 307. The summed E-state index contributed by atoms with van der Waals surface area (Å²) >= 11 is 3.27. The van der Waals surface area contributed by atoms with Gasteiger partial charge in [0.25, 0.3) is 6.43 Å². The van der Waals surface area contributed by atoms with Crippen LogP contribution in [0.4, 0.5) is 8.78 Å². The molecule has 0 aromatic heterocycles. The molecule has 0 unspecified atom stereocenters. The van der Waals surface area contributed by atoms with Gasteiger partial charge >= 0.3 is 0 Å². The number of rotatable bonds is 4. The second kappa shape index (κ2) is 5.26. The lowest BCUT2D eigenvalue weighted by atomic mass is 10.2. The summed E-state index contributed by atoms with van der Waals surface area (Å²) in [5, 5.41) is 0. The highest BCUT2D eigenvalue weighted by Crippen LogP contribution is 2.22. The van der Waals surface area contributed by atoms with Crippen LogP contribution in [0.1, 0.15) is 5.56 Å². The van der Waals surface area contributed by atoms with Gasteiger partial charge in [0.05, 0.1) is 0 Å². The maximum atomic E-state index is 11.8. The van der Waals surface area contributed by atoms with E-state index in [0.717, 1.165) is 10.0 Å². The lowest BCUT2D eigenvalue weighted by Gasteiger charge is -2.07. The molecule has 0 amide bonds. The zero-order valence-electron chi connectivity index (χ0n) is 7.34. The monoisotopic (exact) mass is 265 g/mol. The molecule has 5 heteroatoms. The van der Waals surface area contributed by atoms with Gasteiger partial charge in [-0.3, -0.25) is 0 Å². The summed E-state index contributed by atoms with van der Waals surface area (Å²) in [7, 11) is 0. The number of halogens is 3. The van der Waals surface area contributed by atoms with Crippen LogP contribution in [-0.4, -0.2) is 13.0 Å². The van der Waals surface area contributed by atoms with Gasteiger partial charge in [-0.25, -0.2) is 8.78 Å². The van der Waals surface area contributed by atoms with E-state index in [4.69, 9.17) is 10.5 Å². The fourth-order valence-corrected chi connectivity index (χ4v) is 1.46. The molecule has 2 nitrogen and oxygen atoms in total. The minimum absolute atomic E-state index is 0.399.